The molecule has 2 saturated carbocycles. The molecule has 0 heterocycles. The maximum atomic E-state index is 9.68. The fourth-order valence-corrected chi connectivity index (χ4v) is 3.53. The maximum absolute atomic E-state index is 9.68. The topological polar surface area (TPSA) is 32.3 Å². The molecule has 5 unspecified atom stereocenters. The second-order valence-corrected chi connectivity index (χ2v) is 6.19. The van der Waals surface area contributed by atoms with Crippen LogP contribution in [0.3, 0.4) is 0 Å². The number of hydrogen-bond donors (Lipinski definition) is 2. The first-order valence-corrected chi connectivity index (χ1v) is 7.09. The van der Waals surface area contributed by atoms with Crippen LogP contribution < -0.4 is 5.32 Å². The summed E-state index contributed by atoms with van der Waals surface area (Å²) in [6, 6.07) is 1.27. The summed E-state index contributed by atoms with van der Waals surface area (Å²) in [5.41, 5.74) is 0. The Morgan fingerprint density at radius 2 is 1.81 bits per heavy atom. The van der Waals surface area contributed by atoms with Crippen molar-refractivity contribution in [3.05, 3.63) is 0 Å². The van der Waals surface area contributed by atoms with Gasteiger partial charge in [0, 0.05) is 12.1 Å². The molecule has 0 aromatic rings. The molecule has 0 aromatic heterocycles. The summed E-state index contributed by atoms with van der Waals surface area (Å²) in [7, 11) is 0. The second-order valence-electron chi connectivity index (χ2n) is 6.19. The van der Waals surface area contributed by atoms with Gasteiger partial charge in [0.1, 0.15) is 0 Å². The Kier molecular flexibility index (Phi) is 4.26. The Bertz CT molecular complexity index is 219. The molecule has 0 bridgehead atoms. The quantitative estimate of drug-likeness (QED) is 0.757. The highest BCUT2D eigenvalue weighted by Crippen LogP contribution is 2.30. The van der Waals surface area contributed by atoms with Crippen LogP contribution in [0.25, 0.3) is 0 Å². The average Bonchev–Trinajstić information content (AvgIpc) is 2.22. The van der Waals surface area contributed by atoms with Crippen LogP contribution in [-0.2, 0) is 0 Å². The van der Waals surface area contributed by atoms with Gasteiger partial charge < -0.3 is 10.4 Å². The van der Waals surface area contributed by atoms with E-state index in [2.05, 4.69) is 19.2 Å². The van der Waals surface area contributed by atoms with Gasteiger partial charge in [0.2, 0.25) is 0 Å². The van der Waals surface area contributed by atoms with Crippen molar-refractivity contribution in [3.8, 4) is 0 Å². The van der Waals surface area contributed by atoms with E-state index in [9.17, 15) is 5.11 Å². The van der Waals surface area contributed by atoms with Crippen LogP contribution in [0.2, 0.25) is 0 Å². The first-order valence-electron chi connectivity index (χ1n) is 7.09. The van der Waals surface area contributed by atoms with Crippen LogP contribution in [0.15, 0.2) is 0 Å². The lowest BCUT2D eigenvalue weighted by Crippen LogP contribution is -2.47. The van der Waals surface area contributed by atoms with Crippen LogP contribution in [0.4, 0.5) is 0 Å². The van der Waals surface area contributed by atoms with Gasteiger partial charge in [-0.15, -0.1) is 0 Å². The smallest absolute Gasteiger partial charge is 0.0555 e. The summed E-state index contributed by atoms with van der Waals surface area (Å²) in [5.74, 6) is 1.72. The molecule has 0 aliphatic heterocycles. The van der Waals surface area contributed by atoms with Gasteiger partial charge in [-0.2, -0.15) is 0 Å². The number of aliphatic hydroxyl groups excluding tert-OH is 1. The SMILES string of the molecule is CC1CCC(NC2CCCC(O)C2)C(C)C1. The standard InChI is InChI=1S/C14H27NO/c1-10-6-7-14(11(2)8-10)15-12-4-3-5-13(16)9-12/h10-16H,3-9H2,1-2H3. The number of aliphatic hydroxyl groups is 1. The average molecular weight is 225 g/mol. The molecule has 2 heteroatoms. The van der Waals surface area contributed by atoms with Gasteiger partial charge in [-0.1, -0.05) is 13.8 Å². The minimum Gasteiger partial charge on any atom is -0.393 e. The van der Waals surface area contributed by atoms with E-state index < -0.39 is 0 Å². The Balaban J connectivity index is 1.80. The Labute approximate surface area is 99.8 Å². The van der Waals surface area contributed by atoms with Crippen molar-refractivity contribution in [1.82, 2.24) is 5.32 Å². The molecule has 0 amide bonds. The zero-order valence-corrected chi connectivity index (χ0v) is 10.8. The summed E-state index contributed by atoms with van der Waals surface area (Å²) < 4.78 is 0. The number of rotatable bonds is 2. The van der Waals surface area contributed by atoms with E-state index in [1.807, 2.05) is 0 Å². The third-order valence-electron chi connectivity index (χ3n) is 4.53. The molecular weight excluding hydrogens is 198 g/mol. The summed E-state index contributed by atoms with van der Waals surface area (Å²) in [5, 5.41) is 13.5. The van der Waals surface area contributed by atoms with Crippen LogP contribution in [0, 0.1) is 11.8 Å². The van der Waals surface area contributed by atoms with Crippen LogP contribution in [0.5, 0.6) is 0 Å². The van der Waals surface area contributed by atoms with Crippen molar-refractivity contribution in [3.63, 3.8) is 0 Å². The predicted molar refractivity (Wildman–Crippen MR) is 67.4 cm³/mol. The third kappa shape index (κ3) is 3.21. The molecule has 0 saturated heterocycles. The minimum atomic E-state index is -0.0518. The number of hydrogen-bond acceptors (Lipinski definition) is 2. The number of nitrogens with one attached hydrogen (secondary N) is 1. The van der Waals surface area contributed by atoms with Gasteiger partial charge in [-0.3, -0.25) is 0 Å². The van der Waals surface area contributed by atoms with Gasteiger partial charge in [0.05, 0.1) is 6.10 Å². The van der Waals surface area contributed by atoms with Crippen molar-refractivity contribution in [2.24, 2.45) is 11.8 Å². The van der Waals surface area contributed by atoms with E-state index in [1.165, 1.54) is 32.1 Å². The third-order valence-corrected chi connectivity index (χ3v) is 4.53. The molecule has 2 N–H and O–H groups in total. The molecular formula is C14H27NO. The van der Waals surface area contributed by atoms with E-state index in [1.54, 1.807) is 0 Å². The highest BCUT2D eigenvalue weighted by Gasteiger charge is 2.28. The van der Waals surface area contributed by atoms with E-state index in [-0.39, 0.29) is 6.10 Å². The van der Waals surface area contributed by atoms with Gasteiger partial charge >= 0.3 is 0 Å². The van der Waals surface area contributed by atoms with E-state index in [0.717, 1.165) is 24.7 Å². The van der Waals surface area contributed by atoms with Crippen molar-refractivity contribution in [1.29, 1.82) is 0 Å². The normalized spacial score (nSPS) is 45.6. The Morgan fingerprint density at radius 3 is 2.50 bits per heavy atom. The minimum absolute atomic E-state index is 0.0518. The lowest BCUT2D eigenvalue weighted by atomic mass is 9.79. The van der Waals surface area contributed by atoms with E-state index >= 15 is 0 Å². The molecule has 5 atom stereocenters. The zero-order chi connectivity index (χ0) is 11.5. The van der Waals surface area contributed by atoms with Crippen LogP contribution in [0.1, 0.15) is 58.8 Å². The fourth-order valence-electron chi connectivity index (χ4n) is 3.53. The molecule has 0 aromatic carbocycles. The van der Waals surface area contributed by atoms with Crippen molar-refractivity contribution in [2.45, 2.75) is 77.0 Å². The van der Waals surface area contributed by atoms with Crippen LogP contribution >= 0.6 is 0 Å². The van der Waals surface area contributed by atoms with E-state index in [0.29, 0.717) is 12.1 Å². The van der Waals surface area contributed by atoms with Crippen molar-refractivity contribution >= 4 is 0 Å². The van der Waals surface area contributed by atoms with Gasteiger partial charge in [0.15, 0.2) is 0 Å². The summed E-state index contributed by atoms with van der Waals surface area (Å²) in [6.45, 7) is 4.75. The molecule has 94 valence electrons. The molecule has 0 spiro atoms. The van der Waals surface area contributed by atoms with Gasteiger partial charge in [0.25, 0.3) is 0 Å². The molecule has 2 nitrogen and oxygen atoms in total. The zero-order valence-electron chi connectivity index (χ0n) is 10.8. The Hall–Kier alpha value is -0.0800. The van der Waals surface area contributed by atoms with Gasteiger partial charge in [-0.25, -0.2) is 0 Å². The molecule has 2 fully saturated rings. The molecule has 2 aliphatic rings. The van der Waals surface area contributed by atoms with Crippen LogP contribution in [-0.4, -0.2) is 23.3 Å². The maximum Gasteiger partial charge on any atom is 0.0555 e. The summed E-state index contributed by atoms with van der Waals surface area (Å²) in [6.07, 6.45) is 8.45. The lowest BCUT2D eigenvalue weighted by Gasteiger charge is -2.37. The van der Waals surface area contributed by atoms with Gasteiger partial charge in [-0.05, 0) is 56.8 Å². The first kappa shape index (κ1) is 12.4. The summed E-state index contributed by atoms with van der Waals surface area (Å²) in [4.78, 5) is 0. The summed E-state index contributed by atoms with van der Waals surface area (Å²) >= 11 is 0. The first-order chi connectivity index (χ1) is 7.65. The predicted octanol–water partition coefficient (Wildman–Crippen LogP) is 2.70. The van der Waals surface area contributed by atoms with Crippen molar-refractivity contribution < 1.29 is 5.11 Å². The second kappa shape index (κ2) is 5.50. The lowest BCUT2D eigenvalue weighted by molar-refractivity contribution is 0.0995. The highest BCUT2D eigenvalue weighted by atomic mass is 16.3. The monoisotopic (exact) mass is 225 g/mol. The molecule has 16 heavy (non-hydrogen) atoms. The molecule has 2 rings (SSSR count). The fraction of sp³-hybridized carbons (Fsp3) is 1.00. The molecule has 2 aliphatic carbocycles. The molecule has 0 radical (unpaired) electrons. The van der Waals surface area contributed by atoms with Crippen molar-refractivity contribution in [2.75, 3.05) is 0 Å². The Morgan fingerprint density at radius 1 is 1.00 bits per heavy atom. The van der Waals surface area contributed by atoms with E-state index in [4.69, 9.17) is 0 Å². The largest absolute Gasteiger partial charge is 0.393 e. The highest BCUT2D eigenvalue weighted by molar-refractivity contribution is 4.86.